The molecule has 2 heterocycles. The van der Waals surface area contributed by atoms with E-state index in [1.54, 1.807) is 0 Å². The van der Waals surface area contributed by atoms with Crippen LogP contribution in [0, 0.1) is 13.8 Å². The summed E-state index contributed by atoms with van der Waals surface area (Å²) >= 11 is 0. The number of nitrogen functional groups attached to an aromatic ring is 1. The van der Waals surface area contributed by atoms with Gasteiger partial charge in [-0.25, -0.2) is 9.97 Å². The first-order valence-electron chi connectivity index (χ1n) is 5.75. The quantitative estimate of drug-likeness (QED) is 0.708. The topological polar surface area (TPSA) is 64.9 Å². The van der Waals surface area contributed by atoms with Gasteiger partial charge in [0.25, 0.3) is 0 Å². The number of anilines is 1. The Balaban J connectivity index is 2.22. The fraction of sp³-hybridized carbons (Fsp3) is 0.143. The molecule has 0 amide bonds. The molecule has 0 unspecified atom stereocenters. The lowest BCUT2D eigenvalue weighted by molar-refractivity contribution is 0.628. The Morgan fingerprint density at radius 2 is 1.78 bits per heavy atom. The maximum atomic E-state index is 5.91. The number of aryl methyl sites for hydroxylation is 2. The molecule has 3 aromatic rings. The van der Waals surface area contributed by atoms with Gasteiger partial charge in [-0.2, -0.15) is 0 Å². The van der Waals surface area contributed by atoms with Crippen molar-refractivity contribution in [3.63, 3.8) is 0 Å². The molecule has 0 spiro atoms. The van der Waals surface area contributed by atoms with Crippen molar-refractivity contribution in [2.24, 2.45) is 0 Å². The van der Waals surface area contributed by atoms with Gasteiger partial charge in [0.15, 0.2) is 11.6 Å². The van der Waals surface area contributed by atoms with E-state index < -0.39 is 0 Å². The standard InChI is InChI=1S/C14H13N3O/c1-8-9(2)17-14(15)13(16-8)12-7-10-5-3-4-6-11(10)18-12/h3-7H,1-2H3,(H2,15,17). The number of furan rings is 1. The predicted octanol–water partition coefficient (Wildman–Crippen LogP) is 3.09. The number of hydrogen-bond acceptors (Lipinski definition) is 4. The molecule has 1 aromatic carbocycles. The number of fused-ring (bicyclic) bond motifs is 1. The highest BCUT2D eigenvalue weighted by Crippen LogP contribution is 2.29. The number of aromatic nitrogens is 2. The van der Waals surface area contributed by atoms with Crippen molar-refractivity contribution in [2.45, 2.75) is 13.8 Å². The van der Waals surface area contributed by atoms with Crippen molar-refractivity contribution in [1.29, 1.82) is 0 Å². The van der Waals surface area contributed by atoms with Crippen LogP contribution >= 0.6 is 0 Å². The molecule has 0 bridgehead atoms. The molecule has 0 aliphatic rings. The maximum absolute atomic E-state index is 5.91. The smallest absolute Gasteiger partial charge is 0.157 e. The van der Waals surface area contributed by atoms with Gasteiger partial charge in [0.05, 0.1) is 11.4 Å². The second-order valence-electron chi connectivity index (χ2n) is 4.28. The summed E-state index contributed by atoms with van der Waals surface area (Å²) in [7, 11) is 0. The van der Waals surface area contributed by atoms with Gasteiger partial charge in [-0.05, 0) is 26.0 Å². The second kappa shape index (κ2) is 3.84. The lowest BCUT2D eigenvalue weighted by Crippen LogP contribution is -2.01. The first-order chi connectivity index (χ1) is 8.65. The average Bonchev–Trinajstić information content (AvgIpc) is 2.77. The van der Waals surface area contributed by atoms with Gasteiger partial charge in [-0.3, -0.25) is 0 Å². The van der Waals surface area contributed by atoms with Crippen molar-refractivity contribution in [3.8, 4) is 11.5 Å². The third-order valence-electron chi connectivity index (χ3n) is 2.99. The van der Waals surface area contributed by atoms with Crippen LogP contribution < -0.4 is 5.73 Å². The first-order valence-corrected chi connectivity index (χ1v) is 5.75. The van der Waals surface area contributed by atoms with Crippen LogP contribution in [0.25, 0.3) is 22.4 Å². The Kier molecular flexibility index (Phi) is 2.30. The van der Waals surface area contributed by atoms with Crippen LogP contribution in [-0.2, 0) is 0 Å². The van der Waals surface area contributed by atoms with Crippen LogP contribution in [0.2, 0.25) is 0 Å². The Morgan fingerprint density at radius 1 is 1.06 bits per heavy atom. The van der Waals surface area contributed by atoms with Crippen LogP contribution in [0.5, 0.6) is 0 Å². The van der Waals surface area contributed by atoms with E-state index in [1.807, 2.05) is 44.2 Å². The minimum atomic E-state index is 0.400. The first kappa shape index (κ1) is 10.8. The number of nitrogens with two attached hydrogens (primary N) is 1. The van der Waals surface area contributed by atoms with Gasteiger partial charge in [0.1, 0.15) is 11.3 Å². The van der Waals surface area contributed by atoms with Crippen LogP contribution in [0.4, 0.5) is 5.82 Å². The van der Waals surface area contributed by atoms with Gasteiger partial charge < -0.3 is 10.2 Å². The molecule has 0 aliphatic carbocycles. The fourth-order valence-corrected chi connectivity index (χ4v) is 1.90. The van der Waals surface area contributed by atoms with E-state index in [0.717, 1.165) is 22.4 Å². The second-order valence-corrected chi connectivity index (χ2v) is 4.28. The highest BCUT2D eigenvalue weighted by molar-refractivity contribution is 5.83. The van der Waals surface area contributed by atoms with Crippen molar-refractivity contribution in [3.05, 3.63) is 41.7 Å². The Morgan fingerprint density at radius 3 is 2.56 bits per heavy atom. The molecule has 90 valence electrons. The fourth-order valence-electron chi connectivity index (χ4n) is 1.90. The highest BCUT2D eigenvalue weighted by atomic mass is 16.3. The molecule has 3 rings (SSSR count). The molecular formula is C14H13N3O. The summed E-state index contributed by atoms with van der Waals surface area (Å²) in [6.07, 6.45) is 0. The van der Waals surface area contributed by atoms with Crippen LogP contribution in [0.1, 0.15) is 11.4 Å². The van der Waals surface area contributed by atoms with E-state index >= 15 is 0 Å². The van der Waals surface area contributed by atoms with Gasteiger partial charge in [0.2, 0.25) is 0 Å². The minimum absolute atomic E-state index is 0.400. The number of rotatable bonds is 1. The summed E-state index contributed by atoms with van der Waals surface area (Å²) in [5, 5.41) is 1.03. The third kappa shape index (κ3) is 1.62. The summed E-state index contributed by atoms with van der Waals surface area (Å²) in [6, 6.07) is 9.75. The molecule has 0 saturated carbocycles. The Labute approximate surface area is 104 Å². The van der Waals surface area contributed by atoms with Crippen LogP contribution in [-0.4, -0.2) is 9.97 Å². The zero-order valence-electron chi connectivity index (χ0n) is 10.3. The molecule has 4 heteroatoms. The summed E-state index contributed by atoms with van der Waals surface area (Å²) < 4.78 is 5.75. The van der Waals surface area contributed by atoms with E-state index in [-0.39, 0.29) is 0 Å². The van der Waals surface area contributed by atoms with E-state index in [9.17, 15) is 0 Å². The van der Waals surface area contributed by atoms with Gasteiger partial charge >= 0.3 is 0 Å². The minimum Gasteiger partial charge on any atom is -0.454 e. The van der Waals surface area contributed by atoms with E-state index in [2.05, 4.69) is 9.97 Å². The number of benzene rings is 1. The van der Waals surface area contributed by atoms with E-state index in [1.165, 1.54) is 0 Å². The van der Waals surface area contributed by atoms with Gasteiger partial charge in [-0.1, -0.05) is 18.2 Å². The molecule has 0 saturated heterocycles. The molecule has 2 N–H and O–H groups in total. The van der Waals surface area contributed by atoms with E-state index in [0.29, 0.717) is 17.3 Å². The SMILES string of the molecule is Cc1nc(N)c(-c2cc3ccccc3o2)nc1C. The average molecular weight is 239 g/mol. The molecule has 0 radical (unpaired) electrons. The van der Waals surface area contributed by atoms with Crippen LogP contribution in [0.3, 0.4) is 0 Å². The van der Waals surface area contributed by atoms with Crippen LogP contribution in [0.15, 0.2) is 34.7 Å². The van der Waals surface area contributed by atoms with Gasteiger partial charge in [0, 0.05) is 5.39 Å². The Hall–Kier alpha value is -2.36. The summed E-state index contributed by atoms with van der Waals surface area (Å²) in [4.78, 5) is 8.73. The molecule has 18 heavy (non-hydrogen) atoms. The molecule has 0 atom stereocenters. The zero-order chi connectivity index (χ0) is 12.7. The maximum Gasteiger partial charge on any atom is 0.157 e. The number of hydrogen-bond donors (Lipinski definition) is 1. The number of nitrogens with zero attached hydrogens (tertiary/aromatic N) is 2. The molecule has 0 fully saturated rings. The lowest BCUT2D eigenvalue weighted by Gasteiger charge is -2.04. The zero-order valence-corrected chi connectivity index (χ0v) is 10.3. The summed E-state index contributed by atoms with van der Waals surface area (Å²) in [6.45, 7) is 3.80. The van der Waals surface area contributed by atoms with E-state index in [4.69, 9.17) is 10.2 Å². The summed E-state index contributed by atoms with van der Waals surface area (Å²) in [5.41, 5.74) is 9.04. The van der Waals surface area contributed by atoms with Crippen molar-refractivity contribution >= 4 is 16.8 Å². The highest BCUT2D eigenvalue weighted by Gasteiger charge is 2.13. The van der Waals surface area contributed by atoms with Crippen molar-refractivity contribution in [2.75, 3.05) is 5.73 Å². The molecular weight excluding hydrogens is 226 g/mol. The molecule has 0 aliphatic heterocycles. The normalized spacial score (nSPS) is 11.0. The van der Waals surface area contributed by atoms with Crippen molar-refractivity contribution < 1.29 is 4.42 Å². The monoisotopic (exact) mass is 239 g/mol. The van der Waals surface area contributed by atoms with Gasteiger partial charge in [-0.15, -0.1) is 0 Å². The molecule has 2 aromatic heterocycles. The third-order valence-corrected chi connectivity index (χ3v) is 2.99. The van der Waals surface area contributed by atoms with Crippen molar-refractivity contribution in [1.82, 2.24) is 9.97 Å². The largest absolute Gasteiger partial charge is 0.454 e. The predicted molar refractivity (Wildman–Crippen MR) is 71.1 cm³/mol. The summed E-state index contributed by atoms with van der Waals surface area (Å²) in [5.74, 6) is 1.06. The Bertz CT molecular complexity index is 698. The lowest BCUT2D eigenvalue weighted by atomic mass is 10.2. The molecule has 4 nitrogen and oxygen atoms in total. The number of para-hydroxylation sites is 1.